The first-order valence-corrected chi connectivity index (χ1v) is 10.5. The second kappa shape index (κ2) is 10.6. The average molecular weight is 546 g/mol. The third-order valence-electron chi connectivity index (χ3n) is 5.11. The zero-order chi connectivity index (χ0) is 28.4. The number of amides is 1. The molecule has 1 amide bonds. The molecule has 0 aliphatic heterocycles. The Balaban J connectivity index is 2.07. The van der Waals surface area contributed by atoms with Crippen LogP contribution < -0.4 is 25.3 Å². The molecule has 0 fully saturated rings. The van der Waals surface area contributed by atoms with Gasteiger partial charge in [0.1, 0.15) is 17.1 Å². The Labute approximate surface area is 211 Å². The fraction of sp³-hybridized carbons (Fsp3) is 0.261. The van der Waals surface area contributed by atoms with E-state index in [4.69, 9.17) is 15.2 Å². The molecule has 2 heterocycles. The van der Waals surface area contributed by atoms with E-state index < -0.39 is 47.2 Å². The number of aliphatic hydroxyl groups is 1. The first-order chi connectivity index (χ1) is 17.6. The SMILES string of the molecule is COc1cc(OC(F)(F)F)ccc1Oc1cnc(C(F)(F)F)c(C)c1C(O)Nc1cc(C(N)=O)ncc1C. The number of halogens is 6. The highest BCUT2D eigenvalue weighted by molar-refractivity contribution is 5.91. The first-order valence-electron chi connectivity index (χ1n) is 10.5. The molecular formula is C23H20F6N4O5. The number of methoxy groups -OCH3 is 1. The number of benzene rings is 1. The Morgan fingerprint density at radius 2 is 1.71 bits per heavy atom. The normalized spacial score (nSPS) is 12.6. The fourth-order valence-electron chi connectivity index (χ4n) is 3.39. The predicted octanol–water partition coefficient (Wildman–Crippen LogP) is 5.01. The molecule has 15 heteroatoms. The van der Waals surface area contributed by atoms with Crippen molar-refractivity contribution >= 4 is 11.6 Å². The van der Waals surface area contributed by atoms with Gasteiger partial charge in [0, 0.05) is 18.0 Å². The molecule has 4 N–H and O–H groups in total. The van der Waals surface area contributed by atoms with Crippen LogP contribution in [0.4, 0.5) is 32.0 Å². The maximum absolute atomic E-state index is 13.6. The highest BCUT2D eigenvalue weighted by Gasteiger charge is 2.37. The Hall–Kier alpha value is -4.27. The van der Waals surface area contributed by atoms with Gasteiger partial charge in [-0.25, -0.2) is 4.98 Å². The molecule has 0 aliphatic carbocycles. The number of aliphatic hydroxyl groups excluding tert-OH is 1. The summed E-state index contributed by atoms with van der Waals surface area (Å²) in [6.07, 6.45) is -9.76. The largest absolute Gasteiger partial charge is 0.573 e. The van der Waals surface area contributed by atoms with Crippen molar-refractivity contribution in [1.29, 1.82) is 0 Å². The Bertz CT molecular complexity index is 1350. The lowest BCUT2D eigenvalue weighted by molar-refractivity contribution is -0.274. The number of anilines is 1. The summed E-state index contributed by atoms with van der Waals surface area (Å²) in [5, 5.41) is 13.5. The number of primary amides is 1. The number of rotatable bonds is 8. The lowest BCUT2D eigenvalue weighted by Crippen LogP contribution is -2.19. The van der Waals surface area contributed by atoms with Gasteiger partial charge in [0.05, 0.1) is 18.9 Å². The summed E-state index contributed by atoms with van der Waals surface area (Å²) < 4.78 is 93.0. The van der Waals surface area contributed by atoms with E-state index in [-0.39, 0.29) is 28.6 Å². The minimum absolute atomic E-state index is 0.128. The van der Waals surface area contributed by atoms with Crippen molar-refractivity contribution < 1.29 is 50.5 Å². The summed E-state index contributed by atoms with van der Waals surface area (Å²) in [6.45, 7) is 2.61. The highest BCUT2D eigenvalue weighted by Crippen LogP contribution is 2.42. The molecule has 0 saturated heterocycles. The highest BCUT2D eigenvalue weighted by atomic mass is 19.4. The van der Waals surface area contributed by atoms with Gasteiger partial charge in [-0.2, -0.15) is 13.2 Å². The van der Waals surface area contributed by atoms with Crippen LogP contribution in [0.5, 0.6) is 23.0 Å². The van der Waals surface area contributed by atoms with Gasteiger partial charge in [-0.05, 0) is 43.2 Å². The zero-order valence-corrected chi connectivity index (χ0v) is 19.9. The molecule has 1 atom stereocenters. The lowest BCUT2D eigenvalue weighted by atomic mass is 10.0. The van der Waals surface area contributed by atoms with E-state index in [1.165, 1.54) is 12.3 Å². The summed E-state index contributed by atoms with van der Waals surface area (Å²) in [5.74, 6) is -2.36. The minimum Gasteiger partial charge on any atom is -0.493 e. The van der Waals surface area contributed by atoms with E-state index >= 15 is 0 Å². The molecule has 0 saturated carbocycles. The number of pyridine rings is 2. The number of hydrogen-bond acceptors (Lipinski definition) is 8. The maximum atomic E-state index is 13.6. The average Bonchev–Trinajstić information content (AvgIpc) is 2.79. The molecule has 0 spiro atoms. The van der Waals surface area contributed by atoms with Gasteiger partial charge in [-0.3, -0.25) is 9.78 Å². The summed E-state index contributed by atoms with van der Waals surface area (Å²) >= 11 is 0. The molecule has 204 valence electrons. The van der Waals surface area contributed by atoms with E-state index in [1.54, 1.807) is 6.92 Å². The van der Waals surface area contributed by atoms with Crippen LogP contribution in [0.15, 0.2) is 36.7 Å². The number of ether oxygens (including phenoxy) is 3. The van der Waals surface area contributed by atoms with Gasteiger partial charge in [0.25, 0.3) is 5.91 Å². The van der Waals surface area contributed by atoms with Gasteiger partial charge in [-0.15, -0.1) is 13.2 Å². The molecule has 9 nitrogen and oxygen atoms in total. The first kappa shape index (κ1) is 28.3. The maximum Gasteiger partial charge on any atom is 0.573 e. The van der Waals surface area contributed by atoms with Crippen molar-refractivity contribution in [3.8, 4) is 23.0 Å². The Kier molecular flexibility index (Phi) is 7.90. The van der Waals surface area contributed by atoms with E-state index in [0.29, 0.717) is 11.8 Å². The van der Waals surface area contributed by atoms with Gasteiger partial charge in [0.2, 0.25) is 0 Å². The van der Waals surface area contributed by atoms with Crippen molar-refractivity contribution in [2.24, 2.45) is 5.73 Å². The summed E-state index contributed by atoms with van der Waals surface area (Å²) in [7, 11) is 1.12. The minimum atomic E-state index is -4.98. The van der Waals surface area contributed by atoms with Crippen molar-refractivity contribution in [3.63, 3.8) is 0 Å². The van der Waals surface area contributed by atoms with Crippen molar-refractivity contribution in [2.45, 2.75) is 32.6 Å². The van der Waals surface area contributed by atoms with E-state index in [1.807, 2.05) is 0 Å². The molecule has 0 bridgehead atoms. The number of nitrogens with zero attached hydrogens (tertiary/aromatic N) is 2. The lowest BCUT2D eigenvalue weighted by Gasteiger charge is -2.23. The number of aromatic nitrogens is 2. The van der Waals surface area contributed by atoms with Gasteiger partial charge in [-0.1, -0.05) is 0 Å². The number of alkyl halides is 6. The fourth-order valence-corrected chi connectivity index (χ4v) is 3.39. The quantitative estimate of drug-likeness (QED) is 0.266. The van der Waals surface area contributed by atoms with Crippen LogP contribution in [0.3, 0.4) is 0 Å². The van der Waals surface area contributed by atoms with Crippen molar-refractivity contribution in [3.05, 3.63) is 64.7 Å². The van der Waals surface area contributed by atoms with Crippen molar-refractivity contribution in [2.75, 3.05) is 12.4 Å². The van der Waals surface area contributed by atoms with Crippen LogP contribution in [0, 0.1) is 13.8 Å². The van der Waals surface area contributed by atoms with Crippen LogP contribution >= 0.6 is 0 Å². The number of carbonyl (C=O) groups excluding carboxylic acids is 1. The van der Waals surface area contributed by atoms with Crippen LogP contribution in [-0.2, 0) is 6.18 Å². The Morgan fingerprint density at radius 3 is 2.29 bits per heavy atom. The molecule has 1 unspecified atom stereocenters. The van der Waals surface area contributed by atoms with E-state index in [2.05, 4.69) is 20.0 Å². The molecule has 2 aromatic heterocycles. The third kappa shape index (κ3) is 6.53. The standard InChI is InChI=1S/C23H20F6N4O5/c1-10-8-31-14(20(30)34)7-13(10)33-21(35)18-11(2)19(22(24,25)26)32-9-17(18)37-15-5-4-12(6-16(15)36-3)38-23(27,28)29/h4-9,21,35H,1-3H3,(H2,30,34)(H,31,33). The molecule has 3 aromatic rings. The summed E-state index contributed by atoms with van der Waals surface area (Å²) in [6, 6.07) is 3.98. The monoisotopic (exact) mass is 546 g/mol. The van der Waals surface area contributed by atoms with E-state index in [9.17, 15) is 36.2 Å². The topological polar surface area (TPSA) is 129 Å². The van der Waals surface area contributed by atoms with Gasteiger partial charge < -0.3 is 30.4 Å². The Morgan fingerprint density at radius 1 is 1.03 bits per heavy atom. The third-order valence-corrected chi connectivity index (χ3v) is 5.11. The molecule has 38 heavy (non-hydrogen) atoms. The smallest absolute Gasteiger partial charge is 0.493 e. The predicted molar refractivity (Wildman–Crippen MR) is 120 cm³/mol. The van der Waals surface area contributed by atoms with Crippen LogP contribution in [0.25, 0.3) is 0 Å². The van der Waals surface area contributed by atoms with Crippen LogP contribution in [-0.4, -0.2) is 34.5 Å². The second-order valence-electron chi connectivity index (χ2n) is 7.77. The number of aryl methyl sites for hydroxylation is 1. The molecule has 0 aliphatic rings. The van der Waals surface area contributed by atoms with Gasteiger partial charge in [0.15, 0.2) is 23.5 Å². The summed E-state index contributed by atoms with van der Waals surface area (Å²) in [4.78, 5) is 18.7. The molecule has 1 aromatic carbocycles. The number of carbonyl (C=O) groups is 1. The van der Waals surface area contributed by atoms with Gasteiger partial charge >= 0.3 is 12.5 Å². The van der Waals surface area contributed by atoms with Crippen molar-refractivity contribution in [1.82, 2.24) is 9.97 Å². The van der Waals surface area contributed by atoms with E-state index in [0.717, 1.165) is 32.2 Å². The van der Waals surface area contributed by atoms with Crippen LogP contribution in [0.1, 0.15) is 39.1 Å². The number of nitrogens with two attached hydrogens (primary N) is 1. The molecule has 3 rings (SSSR count). The molecule has 0 radical (unpaired) electrons. The number of hydrogen-bond donors (Lipinski definition) is 3. The number of nitrogens with one attached hydrogen (secondary N) is 1. The van der Waals surface area contributed by atoms with Crippen LogP contribution in [0.2, 0.25) is 0 Å². The second-order valence-corrected chi connectivity index (χ2v) is 7.77. The zero-order valence-electron chi connectivity index (χ0n) is 19.9. The summed E-state index contributed by atoms with van der Waals surface area (Å²) in [5.41, 5.74) is 3.37. The molecular weight excluding hydrogens is 526 g/mol.